The van der Waals surface area contributed by atoms with Crippen LogP contribution in [0.5, 0.6) is 11.5 Å². The maximum atomic E-state index is 12.1. The van der Waals surface area contributed by atoms with E-state index in [1.807, 2.05) is 0 Å². The molecule has 0 saturated carbocycles. The summed E-state index contributed by atoms with van der Waals surface area (Å²) in [6.07, 6.45) is -1.13. The highest BCUT2D eigenvalue weighted by Crippen LogP contribution is 2.25. The van der Waals surface area contributed by atoms with Gasteiger partial charge in [0.1, 0.15) is 18.2 Å². The zero-order valence-electron chi connectivity index (χ0n) is 15.3. The molecule has 25 heavy (non-hydrogen) atoms. The summed E-state index contributed by atoms with van der Waals surface area (Å²) < 4.78 is 10.5. The Morgan fingerprint density at radius 3 is 2.16 bits per heavy atom. The van der Waals surface area contributed by atoms with Crippen LogP contribution in [0.2, 0.25) is 0 Å². The molecule has 0 bridgehead atoms. The normalized spacial score (nSPS) is 15.1. The first-order valence-corrected chi connectivity index (χ1v) is 8.09. The van der Waals surface area contributed by atoms with Crippen LogP contribution in [0.25, 0.3) is 0 Å². The second-order valence-electron chi connectivity index (χ2n) is 7.14. The fourth-order valence-electron chi connectivity index (χ4n) is 1.84. The van der Waals surface area contributed by atoms with Gasteiger partial charge in [-0.1, -0.05) is 6.07 Å². The maximum absolute atomic E-state index is 12.1. The number of carbonyl (C=O) groups excluding carboxylic acids is 2. The lowest BCUT2D eigenvalue weighted by Crippen LogP contribution is -2.40. The Labute approximate surface area is 147 Å². The Morgan fingerprint density at radius 1 is 1.08 bits per heavy atom. The molecule has 0 aliphatic heterocycles. The maximum Gasteiger partial charge on any atom is 0.323 e. The molecule has 3 atom stereocenters. The molecule has 0 amide bonds. The molecule has 1 aromatic rings. The van der Waals surface area contributed by atoms with Crippen LogP contribution >= 0.6 is 0 Å². The number of hydrogen-bond donors (Lipinski definition) is 3. The van der Waals surface area contributed by atoms with Crippen LogP contribution in [-0.4, -0.2) is 40.4 Å². The third-order valence-corrected chi connectivity index (χ3v) is 3.67. The van der Waals surface area contributed by atoms with E-state index in [2.05, 4.69) is 0 Å². The van der Waals surface area contributed by atoms with Gasteiger partial charge in [-0.3, -0.25) is 9.59 Å². The van der Waals surface area contributed by atoms with E-state index in [9.17, 15) is 19.8 Å². The topological polar surface area (TPSA) is 119 Å². The molecule has 0 aliphatic carbocycles. The Hall–Kier alpha value is -2.28. The van der Waals surface area contributed by atoms with Gasteiger partial charge in [-0.05, 0) is 58.7 Å². The zero-order chi connectivity index (χ0) is 19.4. The van der Waals surface area contributed by atoms with Crippen molar-refractivity contribution in [2.45, 2.75) is 59.3 Å². The molecule has 7 nitrogen and oxygen atoms in total. The molecule has 0 spiro atoms. The number of esters is 2. The number of aromatic hydroxyl groups is 2. The van der Waals surface area contributed by atoms with Gasteiger partial charge in [0, 0.05) is 0 Å². The van der Waals surface area contributed by atoms with E-state index < -0.39 is 29.6 Å². The highest BCUT2D eigenvalue weighted by atomic mass is 16.6. The summed E-state index contributed by atoms with van der Waals surface area (Å²) in [7, 11) is 0. The monoisotopic (exact) mass is 353 g/mol. The van der Waals surface area contributed by atoms with Crippen molar-refractivity contribution in [1.29, 1.82) is 0 Å². The molecule has 4 N–H and O–H groups in total. The number of hydrogen-bond acceptors (Lipinski definition) is 7. The molecule has 0 aromatic heterocycles. The van der Waals surface area contributed by atoms with Crippen LogP contribution in [0.15, 0.2) is 18.2 Å². The second-order valence-corrected chi connectivity index (χ2v) is 7.14. The van der Waals surface area contributed by atoms with E-state index in [0.717, 1.165) is 0 Å². The van der Waals surface area contributed by atoms with Gasteiger partial charge in [0.2, 0.25) is 0 Å². The second kappa shape index (κ2) is 8.20. The Bertz CT molecular complexity index is 622. The average Bonchev–Trinajstić information content (AvgIpc) is 2.49. The van der Waals surface area contributed by atoms with Gasteiger partial charge >= 0.3 is 11.9 Å². The number of phenolic OH excluding ortho intramolecular Hbond substituents is 2. The summed E-state index contributed by atoms with van der Waals surface area (Å²) in [6.45, 7) is 8.48. The largest absolute Gasteiger partial charge is 0.504 e. The number of nitrogens with two attached hydrogens (primary N) is 1. The lowest BCUT2D eigenvalue weighted by Gasteiger charge is -2.25. The highest BCUT2D eigenvalue weighted by molar-refractivity contribution is 5.77. The van der Waals surface area contributed by atoms with Crippen molar-refractivity contribution in [1.82, 2.24) is 0 Å². The smallest absolute Gasteiger partial charge is 0.323 e. The molecule has 0 radical (unpaired) electrons. The summed E-state index contributed by atoms with van der Waals surface area (Å²) in [6, 6.07) is 3.26. The molecular formula is C18H27NO6. The summed E-state index contributed by atoms with van der Waals surface area (Å²) in [5, 5.41) is 18.7. The van der Waals surface area contributed by atoms with Crippen LogP contribution in [-0.2, 0) is 25.5 Å². The summed E-state index contributed by atoms with van der Waals surface area (Å²) in [4.78, 5) is 24.0. The minimum absolute atomic E-state index is 0.134. The molecule has 7 heteroatoms. The van der Waals surface area contributed by atoms with Crippen molar-refractivity contribution in [3.8, 4) is 11.5 Å². The van der Waals surface area contributed by atoms with Gasteiger partial charge in [-0.2, -0.15) is 0 Å². The quantitative estimate of drug-likeness (QED) is 0.527. The number of carbonyl (C=O) groups is 2. The van der Waals surface area contributed by atoms with Gasteiger partial charge in [0.15, 0.2) is 11.5 Å². The first-order chi connectivity index (χ1) is 11.4. The minimum atomic E-state index is -0.947. The van der Waals surface area contributed by atoms with E-state index in [1.165, 1.54) is 12.1 Å². The van der Waals surface area contributed by atoms with E-state index in [4.69, 9.17) is 15.2 Å². The van der Waals surface area contributed by atoms with Gasteiger partial charge in [0.05, 0.1) is 5.41 Å². The van der Waals surface area contributed by atoms with Crippen molar-refractivity contribution >= 4 is 11.9 Å². The summed E-state index contributed by atoms with van der Waals surface area (Å²) in [5.74, 6) is -1.55. The third kappa shape index (κ3) is 6.26. The number of rotatable bonds is 6. The van der Waals surface area contributed by atoms with E-state index in [-0.39, 0.29) is 23.9 Å². The van der Waals surface area contributed by atoms with Crippen LogP contribution < -0.4 is 5.73 Å². The predicted molar refractivity (Wildman–Crippen MR) is 92.0 cm³/mol. The minimum Gasteiger partial charge on any atom is -0.504 e. The Morgan fingerprint density at radius 2 is 1.64 bits per heavy atom. The number of ether oxygens (including phenoxy) is 2. The molecule has 0 unspecified atom stereocenters. The summed E-state index contributed by atoms with van der Waals surface area (Å²) in [5.41, 5.74) is 5.77. The highest BCUT2D eigenvalue weighted by Gasteiger charge is 2.29. The molecule has 1 rings (SSSR count). The van der Waals surface area contributed by atoms with Crippen LogP contribution in [0.4, 0.5) is 0 Å². The standard InChI is InChI=1S/C18H27NO6/c1-10(11(2)25-17(23)18(3,4)5)24-16(22)13(19)8-12-6-7-14(20)15(21)9-12/h6-7,9-11,13,20-21H,8,19H2,1-5H3/t10-,11+,13+/m1/s1. The fourth-order valence-corrected chi connectivity index (χ4v) is 1.84. The van der Waals surface area contributed by atoms with Crippen LogP contribution in [0, 0.1) is 5.41 Å². The zero-order valence-corrected chi connectivity index (χ0v) is 15.3. The molecule has 0 saturated heterocycles. The van der Waals surface area contributed by atoms with Crippen molar-refractivity contribution < 1.29 is 29.3 Å². The predicted octanol–water partition coefficient (Wildman–Crippen LogP) is 1.88. The third-order valence-electron chi connectivity index (χ3n) is 3.67. The van der Waals surface area contributed by atoms with Crippen molar-refractivity contribution in [2.24, 2.45) is 11.1 Å². The number of benzene rings is 1. The fraction of sp³-hybridized carbons (Fsp3) is 0.556. The first-order valence-electron chi connectivity index (χ1n) is 8.09. The molecule has 0 aliphatic rings. The number of phenols is 2. The van der Waals surface area contributed by atoms with Gasteiger partial charge in [0.25, 0.3) is 0 Å². The molecule has 0 heterocycles. The lowest BCUT2D eigenvalue weighted by atomic mass is 9.97. The molecular weight excluding hydrogens is 326 g/mol. The van der Waals surface area contributed by atoms with Crippen molar-refractivity contribution in [3.63, 3.8) is 0 Å². The van der Waals surface area contributed by atoms with Crippen molar-refractivity contribution in [3.05, 3.63) is 23.8 Å². The molecule has 140 valence electrons. The van der Waals surface area contributed by atoms with Gasteiger partial charge < -0.3 is 25.4 Å². The van der Waals surface area contributed by atoms with Crippen LogP contribution in [0.1, 0.15) is 40.2 Å². The van der Waals surface area contributed by atoms with Gasteiger partial charge in [-0.25, -0.2) is 0 Å². The lowest BCUT2D eigenvalue weighted by molar-refractivity contribution is -0.171. The SMILES string of the molecule is C[C@H](OC(=O)C(C)(C)C)[C@@H](C)OC(=O)[C@@H](N)Cc1ccc(O)c(O)c1. The molecule has 0 fully saturated rings. The van der Waals surface area contributed by atoms with Crippen molar-refractivity contribution in [2.75, 3.05) is 0 Å². The summed E-state index contributed by atoms with van der Waals surface area (Å²) >= 11 is 0. The van der Waals surface area contributed by atoms with Gasteiger partial charge in [-0.15, -0.1) is 0 Å². The van der Waals surface area contributed by atoms with Crippen LogP contribution in [0.3, 0.4) is 0 Å². The molecule has 1 aromatic carbocycles. The van der Waals surface area contributed by atoms with E-state index >= 15 is 0 Å². The average molecular weight is 353 g/mol. The Kier molecular flexibility index (Phi) is 6.81. The van der Waals surface area contributed by atoms with E-state index in [0.29, 0.717) is 5.56 Å². The Balaban J connectivity index is 2.58. The van der Waals surface area contributed by atoms with E-state index in [1.54, 1.807) is 40.7 Å². The first kappa shape index (κ1) is 20.8.